The van der Waals surface area contributed by atoms with Gasteiger partial charge in [-0.2, -0.15) is 23.3 Å². The minimum atomic E-state index is 0. The Morgan fingerprint density at radius 1 is 1.09 bits per heavy atom. The molecule has 1 unspecified atom stereocenters. The molecule has 2 aromatic rings. The number of nitrogens with zero attached hydrogens (tertiary/aromatic N) is 1. The average Bonchev–Trinajstić information content (AvgIpc) is 2.80. The van der Waals surface area contributed by atoms with Crippen LogP contribution < -0.4 is 24.8 Å². The fraction of sp³-hybridized carbons (Fsp3) is 0.278. The van der Waals surface area contributed by atoms with Crippen LogP contribution in [0.25, 0.3) is 16.5 Å². The van der Waals surface area contributed by atoms with Crippen LogP contribution in [0, 0.1) is 17.9 Å². The molecule has 3 rings (SSSR count). The summed E-state index contributed by atoms with van der Waals surface area (Å²) in [4.78, 5) is 4.55. The Balaban J connectivity index is 0.00000147. The summed E-state index contributed by atoms with van der Waals surface area (Å²) < 4.78 is 0. The Kier molecular flexibility index (Phi) is 8.44. The minimum Gasteiger partial charge on any atom is -1.00 e. The first-order valence-corrected chi connectivity index (χ1v) is 6.86. The average molecular weight is 371 g/mol. The van der Waals surface area contributed by atoms with E-state index in [1.165, 1.54) is 22.1 Å². The summed E-state index contributed by atoms with van der Waals surface area (Å²) in [5.74, 6) is 0.952. The number of fused-ring (bicyclic) bond motifs is 1. The zero-order valence-electron chi connectivity index (χ0n) is 12.8. The van der Waals surface area contributed by atoms with Crippen LogP contribution in [-0.2, 0) is 17.4 Å². The number of halogens is 2. The maximum absolute atomic E-state index is 4.55. The third-order valence-electron chi connectivity index (χ3n) is 3.71. The van der Waals surface area contributed by atoms with E-state index in [0.29, 0.717) is 11.8 Å². The predicted molar refractivity (Wildman–Crippen MR) is 80.5 cm³/mol. The van der Waals surface area contributed by atoms with Gasteiger partial charge in [0.1, 0.15) is 0 Å². The van der Waals surface area contributed by atoms with E-state index in [2.05, 4.69) is 62.2 Å². The second-order valence-electron chi connectivity index (χ2n) is 5.48. The number of hydrogen-bond donors (Lipinski definition) is 0. The molecular formula is C18H18Cl2CrN. The molecule has 1 nitrogen and oxygen atoms in total. The topological polar surface area (TPSA) is 12.9 Å². The quantitative estimate of drug-likeness (QED) is 0.596. The summed E-state index contributed by atoms with van der Waals surface area (Å²) in [7, 11) is 0. The van der Waals surface area contributed by atoms with Gasteiger partial charge in [0.05, 0.1) is 0 Å². The van der Waals surface area contributed by atoms with Gasteiger partial charge in [-0.05, 0) is 17.4 Å². The van der Waals surface area contributed by atoms with Crippen LogP contribution in [0.4, 0.5) is 0 Å². The predicted octanol–water partition coefficient (Wildman–Crippen LogP) is -1.34. The zero-order valence-corrected chi connectivity index (χ0v) is 15.6. The number of pyridine rings is 1. The number of allylic oxidation sites excluding steroid dienone is 4. The SMILES string of the molecule is CC(C)C1=CC(C)C(c2cccc3cccnc23)=[C-]1.[Cl-].[Cl-].[Cr+3]. The van der Waals surface area contributed by atoms with Crippen LogP contribution in [0.3, 0.4) is 0 Å². The Labute approximate surface area is 155 Å². The van der Waals surface area contributed by atoms with E-state index in [1.807, 2.05) is 12.3 Å². The molecule has 4 heteroatoms. The van der Waals surface area contributed by atoms with Crippen LogP contribution in [0.15, 0.2) is 48.2 Å². The molecule has 0 fully saturated rings. The van der Waals surface area contributed by atoms with Crippen molar-refractivity contribution in [2.75, 3.05) is 0 Å². The molecule has 1 atom stereocenters. The molecule has 0 N–H and O–H groups in total. The van der Waals surface area contributed by atoms with Crippen molar-refractivity contribution >= 4 is 16.5 Å². The Morgan fingerprint density at radius 2 is 1.77 bits per heavy atom. The maximum atomic E-state index is 4.55. The van der Waals surface area contributed by atoms with Crippen molar-refractivity contribution in [2.24, 2.45) is 11.8 Å². The monoisotopic (exact) mass is 370 g/mol. The van der Waals surface area contributed by atoms with Crippen LogP contribution >= 0.6 is 0 Å². The van der Waals surface area contributed by atoms with E-state index in [1.54, 1.807) is 0 Å². The van der Waals surface area contributed by atoms with Crippen molar-refractivity contribution in [2.45, 2.75) is 20.8 Å². The molecule has 1 aromatic heterocycles. The van der Waals surface area contributed by atoms with Crippen LogP contribution in [0.1, 0.15) is 26.3 Å². The fourth-order valence-corrected chi connectivity index (χ4v) is 2.63. The third-order valence-corrected chi connectivity index (χ3v) is 3.71. The molecule has 1 radical (unpaired) electrons. The van der Waals surface area contributed by atoms with Crippen LogP contribution in [0.5, 0.6) is 0 Å². The van der Waals surface area contributed by atoms with Crippen molar-refractivity contribution < 1.29 is 42.2 Å². The molecular weight excluding hydrogens is 353 g/mol. The van der Waals surface area contributed by atoms with E-state index < -0.39 is 0 Å². The molecule has 0 spiro atoms. The number of rotatable bonds is 2. The molecule has 1 heterocycles. The van der Waals surface area contributed by atoms with Gasteiger partial charge in [-0.3, -0.25) is 4.98 Å². The van der Waals surface area contributed by atoms with E-state index in [-0.39, 0.29) is 42.2 Å². The standard InChI is InChI=1S/C18H18N.2ClH.Cr/c1-12(2)15-10-13(3)17(11-15)16-8-4-6-14-7-5-9-19-18(14)16;;;/h4-10,12-13H,1-3H3;2*1H;/q-1;;;+3/p-2. The molecule has 1 aliphatic carbocycles. The normalized spacial score (nSPS) is 16.3. The maximum Gasteiger partial charge on any atom is 3.00 e. The number of aromatic nitrogens is 1. The van der Waals surface area contributed by atoms with Gasteiger partial charge in [0.2, 0.25) is 0 Å². The largest absolute Gasteiger partial charge is 3.00 e. The molecule has 1 aromatic carbocycles. The molecule has 115 valence electrons. The van der Waals surface area contributed by atoms with Crippen LogP contribution in [0.2, 0.25) is 0 Å². The fourth-order valence-electron chi connectivity index (χ4n) is 2.63. The molecule has 0 aliphatic heterocycles. The Bertz CT molecular complexity index is 687. The molecule has 0 bridgehead atoms. The summed E-state index contributed by atoms with van der Waals surface area (Å²) in [6.45, 7) is 6.67. The summed E-state index contributed by atoms with van der Waals surface area (Å²) in [6.07, 6.45) is 7.77. The first-order chi connectivity index (χ1) is 9.16. The first-order valence-electron chi connectivity index (χ1n) is 6.86. The smallest absolute Gasteiger partial charge is 1.00 e. The zero-order chi connectivity index (χ0) is 13.4. The van der Waals surface area contributed by atoms with E-state index >= 15 is 0 Å². The van der Waals surface area contributed by atoms with Gasteiger partial charge < -0.3 is 24.8 Å². The molecule has 0 amide bonds. The number of benzene rings is 1. The third kappa shape index (κ3) is 3.95. The van der Waals surface area contributed by atoms with E-state index in [0.717, 1.165) is 5.52 Å². The van der Waals surface area contributed by atoms with Gasteiger partial charge in [0.25, 0.3) is 0 Å². The van der Waals surface area contributed by atoms with E-state index in [4.69, 9.17) is 0 Å². The number of hydrogen-bond acceptors (Lipinski definition) is 1. The summed E-state index contributed by atoms with van der Waals surface area (Å²) in [5, 5.41) is 1.19. The summed E-state index contributed by atoms with van der Waals surface area (Å²) in [5.41, 5.74) is 4.89. The second kappa shape index (κ2) is 8.75. The van der Waals surface area contributed by atoms with Crippen molar-refractivity contribution in [1.29, 1.82) is 0 Å². The van der Waals surface area contributed by atoms with Crippen molar-refractivity contribution in [3.8, 4) is 0 Å². The number of para-hydroxylation sites is 1. The van der Waals surface area contributed by atoms with E-state index in [9.17, 15) is 0 Å². The molecule has 1 aliphatic rings. The Hall–Kier alpha value is -0.778. The van der Waals surface area contributed by atoms with Gasteiger partial charge in [-0.25, -0.2) is 0 Å². The molecule has 0 saturated carbocycles. The first kappa shape index (κ1) is 21.2. The van der Waals surface area contributed by atoms with Gasteiger partial charge in [0, 0.05) is 11.7 Å². The second-order valence-corrected chi connectivity index (χ2v) is 5.48. The molecule has 0 saturated heterocycles. The van der Waals surface area contributed by atoms with Gasteiger partial charge >= 0.3 is 17.4 Å². The van der Waals surface area contributed by atoms with Gasteiger partial charge in [-0.15, -0.1) is 6.07 Å². The molecule has 22 heavy (non-hydrogen) atoms. The van der Waals surface area contributed by atoms with Crippen molar-refractivity contribution in [1.82, 2.24) is 4.98 Å². The van der Waals surface area contributed by atoms with Gasteiger partial charge in [-0.1, -0.05) is 50.5 Å². The van der Waals surface area contributed by atoms with Crippen molar-refractivity contribution in [3.63, 3.8) is 0 Å². The Morgan fingerprint density at radius 3 is 2.41 bits per heavy atom. The summed E-state index contributed by atoms with van der Waals surface area (Å²) in [6, 6.07) is 10.5. The van der Waals surface area contributed by atoms with Gasteiger partial charge in [0.15, 0.2) is 0 Å². The minimum absolute atomic E-state index is 0. The van der Waals surface area contributed by atoms with Crippen molar-refractivity contribution in [3.05, 3.63) is 59.8 Å². The van der Waals surface area contributed by atoms with Crippen LogP contribution in [-0.4, -0.2) is 4.98 Å². The summed E-state index contributed by atoms with van der Waals surface area (Å²) >= 11 is 0.